The van der Waals surface area contributed by atoms with Gasteiger partial charge in [0.2, 0.25) is 0 Å². The molecule has 0 unspecified atom stereocenters. The highest BCUT2D eigenvalue weighted by Gasteiger charge is 2.22. The largest absolute Gasteiger partial charge is 0.504 e. The first-order chi connectivity index (χ1) is 14.7. The van der Waals surface area contributed by atoms with Gasteiger partial charge in [-0.2, -0.15) is 0 Å². The summed E-state index contributed by atoms with van der Waals surface area (Å²) in [6.07, 6.45) is 2.11. The summed E-state index contributed by atoms with van der Waals surface area (Å²) in [6.45, 7) is 3.36. The van der Waals surface area contributed by atoms with Crippen LogP contribution < -0.4 is 10.2 Å². The number of nitrogens with one attached hydrogen (secondary N) is 2. The normalized spacial score (nSPS) is 14.4. The zero-order chi connectivity index (χ0) is 20.5. The minimum Gasteiger partial charge on any atom is -0.504 e. The zero-order valence-electron chi connectivity index (χ0n) is 16.1. The fourth-order valence-electron chi connectivity index (χ4n) is 3.67. The summed E-state index contributed by atoms with van der Waals surface area (Å²) in [5.41, 5.74) is 1.69. The number of halogens is 1. The van der Waals surface area contributed by atoms with Crippen LogP contribution in [0.3, 0.4) is 0 Å². The third-order valence-electron chi connectivity index (χ3n) is 5.17. The number of aromatic nitrogens is 5. The van der Waals surface area contributed by atoms with Crippen LogP contribution in [0.2, 0.25) is 0 Å². The average molecular weight is 405 g/mol. The predicted molar refractivity (Wildman–Crippen MR) is 111 cm³/mol. The van der Waals surface area contributed by atoms with Crippen molar-refractivity contribution in [2.75, 3.05) is 31.1 Å². The van der Waals surface area contributed by atoms with Gasteiger partial charge in [0.15, 0.2) is 17.3 Å². The number of H-pyrrole nitrogens is 1. The van der Waals surface area contributed by atoms with E-state index in [1.54, 1.807) is 18.3 Å². The third kappa shape index (κ3) is 3.43. The molecule has 0 saturated carbocycles. The molecule has 152 valence electrons. The second-order valence-electron chi connectivity index (χ2n) is 7.19. The predicted octanol–water partition coefficient (Wildman–Crippen LogP) is 2.26. The van der Waals surface area contributed by atoms with Crippen molar-refractivity contribution in [2.24, 2.45) is 0 Å². The van der Waals surface area contributed by atoms with Gasteiger partial charge in [-0.15, -0.1) is 10.2 Å². The number of fused-ring (bicyclic) bond motifs is 1. The Balaban J connectivity index is 1.55. The van der Waals surface area contributed by atoms with Crippen LogP contribution in [0.1, 0.15) is 11.4 Å². The molecule has 8 nitrogen and oxygen atoms in total. The highest BCUT2D eigenvalue weighted by Crippen LogP contribution is 2.36. The van der Waals surface area contributed by atoms with Crippen molar-refractivity contribution < 1.29 is 9.50 Å². The maximum absolute atomic E-state index is 13.1. The Hall–Kier alpha value is -3.59. The summed E-state index contributed by atoms with van der Waals surface area (Å²) < 4.78 is 13.1. The fourth-order valence-corrected chi connectivity index (χ4v) is 3.67. The molecule has 0 atom stereocenters. The fraction of sp³-hybridized carbons (Fsp3) is 0.238. The number of hydrogen-bond donors (Lipinski definition) is 3. The lowest BCUT2D eigenvalue weighted by molar-refractivity contribution is 0.479. The Bertz CT molecular complexity index is 1190. The molecule has 4 aromatic rings. The van der Waals surface area contributed by atoms with Crippen LogP contribution in [-0.2, 0) is 6.42 Å². The molecular weight excluding hydrogens is 385 g/mol. The summed E-state index contributed by atoms with van der Waals surface area (Å²) in [5, 5.41) is 23.4. The third-order valence-corrected chi connectivity index (χ3v) is 5.17. The Morgan fingerprint density at radius 2 is 1.87 bits per heavy atom. The van der Waals surface area contributed by atoms with Crippen molar-refractivity contribution in [3.8, 4) is 17.3 Å². The van der Waals surface area contributed by atoms with E-state index in [1.807, 2.05) is 12.1 Å². The Kier molecular flexibility index (Phi) is 4.72. The van der Waals surface area contributed by atoms with Crippen LogP contribution in [0.4, 0.5) is 10.2 Å². The van der Waals surface area contributed by atoms with Gasteiger partial charge in [-0.3, -0.25) is 4.98 Å². The summed E-state index contributed by atoms with van der Waals surface area (Å²) in [4.78, 5) is 14.4. The average Bonchev–Trinajstić information content (AvgIpc) is 3.25. The highest BCUT2D eigenvalue weighted by atomic mass is 19.1. The second-order valence-corrected chi connectivity index (χ2v) is 7.19. The van der Waals surface area contributed by atoms with E-state index in [9.17, 15) is 9.50 Å². The summed E-state index contributed by atoms with van der Waals surface area (Å²) in [7, 11) is 0. The van der Waals surface area contributed by atoms with Crippen molar-refractivity contribution in [3.05, 3.63) is 59.8 Å². The molecule has 1 aromatic carbocycles. The van der Waals surface area contributed by atoms with Gasteiger partial charge in [0, 0.05) is 44.2 Å². The molecule has 0 spiro atoms. The molecular formula is C21H20FN7O. The highest BCUT2D eigenvalue weighted by molar-refractivity contribution is 5.97. The van der Waals surface area contributed by atoms with E-state index in [0.717, 1.165) is 42.9 Å². The monoisotopic (exact) mass is 405 g/mol. The number of nitrogens with zero attached hydrogens (tertiary/aromatic N) is 5. The van der Waals surface area contributed by atoms with Crippen molar-refractivity contribution in [1.29, 1.82) is 0 Å². The van der Waals surface area contributed by atoms with Crippen LogP contribution in [0.25, 0.3) is 22.4 Å². The van der Waals surface area contributed by atoms with Gasteiger partial charge in [0.25, 0.3) is 0 Å². The van der Waals surface area contributed by atoms with Crippen molar-refractivity contribution >= 4 is 16.7 Å². The lowest BCUT2D eigenvalue weighted by atomic mass is 10.1. The number of rotatable bonds is 4. The van der Waals surface area contributed by atoms with Gasteiger partial charge < -0.3 is 20.3 Å². The van der Waals surface area contributed by atoms with E-state index in [1.165, 1.54) is 12.1 Å². The summed E-state index contributed by atoms with van der Waals surface area (Å²) in [5.74, 6) is 1.42. The number of aromatic hydroxyl groups is 1. The molecule has 5 rings (SSSR count). The summed E-state index contributed by atoms with van der Waals surface area (Å²) in [6, 6.07) is 9.98. The molecule has 0 amide bonds. The lowest BCUT2D eigenvalue weighted by Crippen LogP contribution is -2.44. The molecule has 1 aliphatic heterocycles. The molecule has 0 radical (unpaired) electrons. The lowest BCUT2D eigenvalue weighted by Gasteiger charge is -2.29. The molecule has 1 saturated heterocycles. The van der Waals surface area contributed by atoms with Gasteiger partial charge in [0.05, 0.1) is 0 Å². The van der Waals surface area contributed by atoms with Crippen LogP contribution in [0.15, 0.2) is 42.6 Å². The molecule has 3 N–H and O–H groups in total. The SMILES string of the molecule is Oc1c(-c2nnc(Cc3ccc(F)cc3)[nH]2)nc(N2CCNCC2)c2cccnc12. The molecule has 4 heterocycles. The standard InChI is InChI=1S/C21H20FN7O/c22-14-5-3-13(4-6-14)12-16-25-20(28-27-16)18-19(30)17-15(2-1-7-24-17)21(26-18)29-10-8-23-9-11-29/h1-7,23,30H,8-12H2,(H,25,27,28). The van der Waals surface area contributed by atoms with Gasteiger partial charge >= 0.3 is 0 Å². The molecule has 0 bridgehead atoms. The number of hydrogen-bond acceptors (Lipinski definition) is 7. The number of anilines is 1. The quantitative estimate of drug-likeness (QED) is 0.479. The molecule has 1 aliphatic rings. The molecule has 1 fully saturated rings. The van der Waals surface area contributed by atoms with E-state index < -0.39 is 0 Å². The maximum atomic E-state index is 13.1. The number of aromatic amines is 1. The first-order valence-electron chi connectivity index (χ1n) is 9.79. The first kappa shape index (κ1) is 18.4. The van der Waals surface area contributed by atoms with E-state index in [0.29, 0.717) is 29.3 Å². The maximum Gasteiger partial charge on any atom is 0.184 e. The van der Waals surface area contributed by atoms with Gasteiger partial charge in [0.1, 0.15) is 23.0 Å². The number of benzene rings is 1. The van der Waals surface area contributed by atoms with Crippen molar-refractivity contribution in [2.45, 2.75) is 6.42 Å². The molecule has 0 aliphatic carbocycles. The zero-order valence-corrected chi connectivity index (χ0v) is 16.1. The van der Waals surface area contributed by atoms with E-state index in [4.69, 9.17) is 4.98 Å². The number of piperazine rings is 1. The van der Waals surface area contributed by atoms with Gasteiger partial charge in [-0.25, -0.2) is 9.37 Å². The van der Waals surface area contributed by atoms with Gasteiger partial charge in [-0.1, -0.05) is 12.1 Å². The van der Waals surface area contributed by atoms with Crippen LogP contribution >= 0.6 is 0 Å². The molecule has 30 heavy (non-hydrogen) atoms. The van der Waals surface area contributed by atoms with Crippen LogP contribution in [0, 0.1) is 5.82 Å². The van der Waals surface area contributed by atoms with Crippen LogP contribution in [0.5, 0.6) is 5.75 Å². The van der Waals surface area contributed by atoms with Crippen molar-refractivity contribution in [1.82, 2.24) is 30.5 Å². The minimum atomic E-state index is -0.282. The Labute approximate surface area is 171 Å². The topological polar surface area (TPSA) is 103 Å². The van der Waals surface area contributed by atoms with E-state index in [-0.39, 0.29) is 11.6 Å². The Morgan fingerprint density at radius 3 is 2.67 bits per heavy atom. The first-order valence-corrected chi connectivity index (χ1v) is 9.79. The van der Waals surface area contributed by atoms with Crippen LogP contribution in [-0.4, -0.2) is 56.4 Å². The molecule has 3 aromatic heterocycles. The van der Waals surface area contributed by atoms with E-state index in [2.05, 4.69) is 30.4 Å². The summed E-state index contributed by atoms with van der Waals surface area (Å²) >= 11 is 0. The number of pyridine rings is 2. The second kappa shape index (κ2) is 7.68. The smallest absolute Gasteiger partial charge is 0.184 e. The van der Waals surface area contributed by atoms with E-state index >= 15 is 0 Å². The Morgan fingerprint density at radius 1 is 1.07 bits per heavy atom. The minimum absolute atomic E-state index is 0.0334. The van der Waals surface area contributed by atoms with Gasteiger partial charge in [-0.05, 0) is 29.8 Å². The van der Waals surface area contributed by atoms with Crippen molar-refractivity contribution in [3.63, 3.8) is 0 Å². The molecule has 9 heteroatoms.